The van der Waals surface area contributed by atoms with Gasteiger partial charge in [-0.05, 0) is 12.8 Å². The number of Topliss-reactive ketones (excluding diaryl/α,β-unsaturated/α-hetero) is 1. The number of hydrogen-bond acceptors (Lipinski definition) is 3. The molecule has 1 aliphatic carbocycles. The summed E-state index contributed by atoms with van der Waals surface area (Å²) in [4.78, 5) is 35.6. The molecule has 0 radical (unpaired) electrons. The zero-order valence-electron chi connectivity index (χ0n) is 9.07. The third-order valence-electron chi connectivity index (χ3n) is 3.58. The van der Waals surface area contributed by atoms with E-state index >= 15 is 0 Å². The minimum absolute atomic E-state index is 0.0227. The summed E-state index contributed by atoms with van der Waals surface area (Å²) < 4.78 is 0. The Labute approximate surface area is 93.4 Å². The maximum Gasteiger partial charge on any atom is 0.329 e. The molecule has 2 rings (SSSR count). The molecule has 0 spiro atoms. The largest absolute Gasteiger partial charge is 0.479 e. The van der Waals surface area contributed by atoms with Crippen LogP contribution in [-0.2, 0) is 14.4 Å². The quantitative estimate of drug-likeness (QED) is 0.697. The smallest absolute Gasteiger partial charge is 0.329 e. The van der Waals surface area contributed by atoms with Gasteiger partial charge in [-0.15, -0.1) is 0 Å². The highest BCUT2D eigenvalue weighted by Gasteiger charge is 2.50. The first-order chi connectivity index (χ1) is 7.56. The van der Waals surface area contributed by atoms with Crippen LogP contribution in [0.3, 0.4) is 0 Å². The molecule has 1 heterocycles. The lowest BCUT2D eigenvalue weighted by Gasteiger charge is -2.40. The Hall–Kier alpha value is -1.39. The number of aliphatic carboxylic acids is 1. The molecule has 0 bridgehead atoms. The molecule has 0 unspecified atom stereocenters. The number of ketones is 1. The summed E-state index contributed by atoms with van der Waals surface area (Å²) in [5.74, 6) is -1.46. The van der Waals surface area contributed by atoms with Gasteiger partial charge < -0.3 is 10.0 Å². The van der Waals surface area contributed by atoms with Crippen molar-refractivity contribution >= 4 is 17.7 Å². The van der Waals surface area contributed by atoms with Crippen LogP contribution in [0.25, 0.3) is 0 Å². The fourth-order valence-electron chi connectivity index (χ4n) is 2.71. The van der Waals surface area contributed by atoms with Crippen LogP contribution in [0.5, 0.6) is 0 Å². The molecule has 0 aromatic carbocycles. The Balaban J connectivity index is 2.28. The summed E-state index contributed by atoms with van der Waals surface area (Å²) in [6.07, 6.45) is 3.44. The third-order valence-corrected chi connectivity index (χ3v) is 3.58. The molecule has 88 valence electrons. The summed E-state index contributed by atoms with van der Waals surface area (Å²) in [5, 5.41) is 9.35. The predicted molar refractivity (Wildman–Crippen MR) is 54.8 cm³/mol. The number of hydrogen-bond donors (Lipinski definition) is 1. The average molecular weight is 225 g/mol. The van der Waals surface area contributed by atoms with Crippen molar-refractivity contribution in [3.63, 3.8) is 0 Å². The van der Waals surface area contributed by atoms with Crippen LogP contribution >= 0.6 is 0 Å². The van der Waals surface area contributed by atoms with Gasteiger partial charge in [0.05, 0.1) is 13.0 Å². The van der Waals surface area contributed by atoms with Crippen molar-refractivity contribution in [2.24, 2.45) is 0 Å². The van der Waals surface area contributed by atoms with Gasteiger partial charge in [-0.1, -0.05) is 19.3 Å². The van der Waals surface area contributed by atoms with Gasteiger partial charge in [0.1, 0.15) is 5.54 Å². The lowest BCUT2D eigenvalue weighted by Crippen LogP contribution is -2.56. The monoisotopic (exact) mass is 225 g/mol. The van der Waals surface area contributed by atoms with E-state index in [4.69, 9.17) is 0 Å². The minimum atomic E-state index is -1.11. The van der Waals surface area contributed by atoms with Crippen LogP contribution in [0.2, 0.25) is 0 Å². The Morgan fingerprint density at radius 2 is 1.81 bits per heavy atom. The average Bonchev–Trinajstić information content (AvgIpc) is 2.59. The van der Waals surface area contributed by atoms with E-state index < -0.39 is 11.5 Å². The molecular formula is C11H15NO4. The molecule has 1 saturated carbocycles. The van der Waals surface area contributed by atoms with Gasteiger partial charge in [-0.25, -0.2) is 4.79 Å². The number of likely N-dealkylation sites (tertiary alicyclic amines) is 1. The molecule has 1 aliphatic heterocycles. The second-order valence-corrected chi connectivity index (χ2v) is 4.59. The van der Waals surface area contributed by atoms with Crippen molar-refractivity contribution in [1.82, 2.24) is 4.90 Å². The first-order valence-corrected chi connectivity index (χ1v) is 5.62. The van der Waals surface area contributed by atoms with E-state index in [0.29, 0.717) is 12.8 Å². The molecule has 2 fully saturated rings. The molecule has 0 atom stereocenters. The summed E-state index contributed by atoms with van der Waals surface area (Å²) >= 11 is 0. The number of carboxylic acid groups (broad SMARTS) is 1. The van der Waals surface area contributed by atoms with Crippen molar-refractivity contribution in [2.75, 3.05) is 6.54 Å². The fourth-order valence-corrected chi connectivity index (χ4v) is 2.71. The standard InChI is InChI=1S/C11H15NO4/c13-8-6-9(14)12(7-8)11(10(15)16)4-2-1-3-5-11/h1-7H2,(H,15,16). The maximum absolute atomic E-state index is 11.6. The van der Waals surface area contributed by atoms with Crippen molar-refractivity contribution < 1.29 is 19.5 Å². The Kier molecular flexibility index (Phi) is 2.69. The highest BCUT2D eigenvalue weighted by Crippen LogP contribution is 2.36. The number of rotatable bonds is 2. The van der Waals surface area contributed by atoms with Crippen LogP contribution in [0.15, 0.2) is 0 Å². The van der Waals surface area contributed by atoms with Gasteiger partial charge in [0, 0.05) is 0 Å². The molecule has 0 aromatic rings. The summed E-state index contributed by atoms with van der Waals surface area (Å²) in [5.41, 5.74) is -1.11. The van der Waals surface area contributed by atoms with E-state index in [1.54, 1.807) is 0 Å². The minimum Gasteiger partial charge on any atom is -0.479 e. The van der Waals surface area contributed by atoms with Gasteiger partial charge in [0.15, 0.2) is 5.78 Å². The van der Waals surface area contributed by atoms with E-state index in [0.717, 1.165) is 19.3 Å². The van der Waals surface area contributed by atoms with Crippen molar-refractivity contribution in [3.8, 4) is 0 Å². The topological polar surface area (TPSA) is 74.7 Å². The van der Waals surface area contributed by atoms with Crippen LogP contribution in [-0.4, -0.2) is 39.7 Å². The SMILES string of the molecule is O=C1CC(=O)N(C2(C(=O)O)CCCCC2)C1. The molecule has 5 nitrogen and oxygen atoms in total. The fraction of sp³-hybridized carbons (Fsp3) is 0.727. The normalized spacial score (nSPS) is 24.9. The molecule has 1 amide bonds. The number of amides is 1. The maximum atomic E-state index is 11.6. The van der Waals surface area contributed by atoms with E-state index in [-0.39, 0.29) is 24.7 Å². The van der Waals surface area contributed by atoms with E-state index in [9.17, 15) is 19.5 Å². The van der Waals surface area contributed by atoms with Gasteiger partial charge in [-0.3, -0.25) is 9.59 Å². The molecular weight excluding hydrogens is 210 g/mol. The van der Waals surface area contributed by atoms with Gasteiger partial charge in [0.25, 0.3) is 0 Å². The van der Waals surface area contributed by atoms with E-state index in [1.807, 2.05) is 0 Å². The van der Waals surface area contributed by atoms with Crippen LogP contribution < -0.4 is 0 Å². The van der Waals surface area contributed by atoms with Crippen molar-refractivity contribution in [2.45, 2.75) is 44.1 Å². The summed E-state index contributed by atoms with van der Waals surface area (Å²) in [6, 6.07) is 0. The zero-order valence-corrected chi connectivity index (χ0v) is 9.07. The number of carboxylic acids is 1. The predicted octanol–water partition coefficient (Wildman–Crippen LogP) is 0.575. The summed E-state index contributed by atoms with van der Waals surface area (Å²) in [7, 11) is 0. The molecule has 2 aliphatic rings. The molecule has 0 aromatic heterocycles. The van der Waals surface area contributed by atoms with Gasteiger partial charge in [0.2, 0.25) is 5.91 Å². The highest BCUT2D eigenvalue weighted by atomic mass is 16.4. The molecule has 16 heavy (non-hydrogen) atoms. The number of nitrogens with zero attached hydrogens (tertiary/aromatic N) is 1. The van der Waals surface area contributed by atoms with Crippen molar-refractivity contribution in [1.29, 1.82) is 0 Å². The van der Waals surface area contributed by atoms with E-state index in [1.165, 1.54) is 4.90 Å². The van der Waals surface area contributed by atoms with Crippen LogP contribution in [0.4, 0.5) is 0 Å². The second kappa shape index (κ2) is 3.88. The number of carbonyl (C=O) groups is 3. The Morgan fingerprint density at radius 1 is 1.19 bits per heavy atom. The van der Waals surface area contributed by atoms with E-state index in [2.05, 4.69) is 0 Å². The van der Waals surface area contributed by atoms with Crippen molar-refractivity contribution in [3.05, 3.63) is 0 Å². The lowest BCUT2D eigenvalue weighted by molar-refractivity contribution is -0.159. The highest BCUT2D eigenvalue weighted by molar-refractivity contribution is 6.07. The second-order valence-electron chi connectivity index (χ2n) is 4.59. The molecule has 1 saturated heterocycles. The first-order valence-electron chi connectivity index (χ1n) is 5.62. The molecule has 5 heteroatoms. The molecule has 1 N–H and O–H groups in total. The first kappa shape index (κ1) is 11.1. The lowest BCUT2D eigenvalue weighted by atomic mass is 9.80. The third kappa shape index (κ3) is 1.60. The Morgan fingerprint density at radius 3 is 2.25 bits per heavy atom. The van der Waals surface area contributed by atoms with Crippen LogP contribution in [0.1, 0.15) is 38.5 Å². The van der Waals surface area contributed by atoms with Gasteiger partial charge >= 0.3 is 5.97 Å². The zero-order chi connectivity index (χ0) is 11.8. The van der Waals surface area contributed by atoms with Gasteiger partial charge in [-0.2, -0.15) is 0 Å². The number of carbonyl (C=O) groups excluding carboxylic acids is 2. The van der Waals surface area contributed by atoms with Crippen LogP contribution in [0, 0.1) is 0 Å². The Bertz CT molecular complexity index is 344. The summed E-state index contributed by atoms with van der Waals surface area (Å²) in [6.45, 7) is -0.0227.